The van der Waals surface area contributed by atoms with Gasteiger partial charge in [-0.1, -0.05) is 18.5 Å². The number of nitrogens with zero attached hydrogens (tertiary/aromatic N) is 1. The lowest BCUT2D eigenvalue weighted by molar-refractivity contribution is -0.149. The number of hydrogen-bond acceptors (Lipinski definition) is 4. The van der Waals surface area contributed by atoms with E-state index in [4.69, 9.17) is 21.1 Å². The van der Waals surface area contributed by atoms with Gasteiger partial charge in [0, 0.05) is 11.6 Å². The van der Waals surface area contributed by atoms with E-state index in [0.29, 0.717) is 23.9 Å². The van der Waals surface area contributed by atoms with Crippen molar-refractivity contribution in [1.29, 1.82) is 0 Å². The van der Waals surface area contributed by atoms with E-state index in [1.165, 1.54) is 4.90 Å². The largest absolute Gasteiger partial charge is 0.483 e. The van der Waals surface area contributed by atoms with Gasteiger partial charge in [0.15, 0.2) is 6.61 Å². The number of rotatable bonds is 8. The SMILES string of the molecule is CCCN(CC(=O)OCC)C(=O)COc1ccc(Cl)cc1C. The van der Waals surface area contributed by atoms with Crippen molar-refractivity contribution < 1.29 is 19.1 Å². The number of esters is 1. The van der Waals surface area contributed by atoms with Gasteiger partial charge in [0.25, 0.3) is 5.91 Å². The van der Waals surface area contributed by atoms with Crippen LogP contribution in [0.5, 0.6) is 5.75 Å². The average Bonchev–Trinajstić information content (AvgIpc) is 2.46. The van der Waals surface area contributed by atoms with Gasteiger partial charge in [-0.25, -0.2) is 0 Å². The molecule has 0 aliphatic carbocycles. The lowest BCUT2D eigenvalue weighted by Gasteiger charge is -2.21. The molecule has 0 aliphatic heterocycles. The fourth-order valence-corrected chi connectivity index (χ4v) is 2.16. The first-order chi connectivity index (χ1) is 10.5. The highest BCUT2D eigenvalue weighted by molar-refractivity contribution is 6.30. The second-order valence-electron chi connectivity index (χ2n) is 4.82. The summed E-state index contributed by atoms with van der Waals surface area (Å²) in [5, 5.41) is 0.617. The molecular formula is C16H22ClNO4. The highest BCUT2D eigenvalue weighted by Gasteiger charge is 2.18. The lowest BCUT2D eigenvalue weighted by Crippen LogP contribution is -2.39. The maximum atomic E-state index is 12.2. The Bertz CT molecular complexity index is 519. The van der Waals surface area contributed by atoms with Crippen molar-refractivity contribution in [2.24, 2.45) is 0 Å². The molecule has 5 nitrogen and oxygen atoms in total. The van der Waals surface area contributed by atoms with Crippen LogP contribution in [-0.4, -0.2) is 43.1 Å². The first-order valence-corrected chi connectivity index (χ1v) is 7.68. The van der Waals surface area contributed by atoms with Crippen molar-refractivity contribution in [3.63, 3.8) is 0 Å². The minimum Gasteiger partial charge on any atom is -0.483 e. The molecule has 0 saturated carbocycles. The Morgan fingerprint density at radius 2 is 2.00 bits per heavy atom. The molecule has 0 bridgehead atoms. The third-order valence-corrected chi connectivity index (χ3v) is 3.19. The van der Waals surface area contributed by atoms with E-state index in [0.717, 1.165) is 12.0 Å². The number of ether oxygens (including phenoxy) is 2. The third-order valence-electron chi connectivity index (χ3n) is 2.96. The van der Waals surface area contributed by atoms with E-state index in [2.05, 4.69) is 0 Å². The van der Waals surface area contributed by atoms with Crippen molar-refractivity contribution in [3.05, 3.63) is 28.8 Å². The van der Waals surface area contributed by atoms with Gasteiger partial charge in [-0.15, -0.1) is 0 Å². The van der Waals surface area contributed by atoms with Crippen molar-refractivity contribution >= 4 is 23.5 Å². The normalized spacial score (nSPS) is 10.2. The van der Waals surface area contributed by atoms with Gasteiger partial charge in [0.1, 0.15) is 12.3 Å². The van der Waals surface area contributed by atoms with Gasteiger partial charge in [0.2, 0.25) is 0 Å². The van der Waals surface area contributed by atoms with Crippen molar-refractivity contribution in [2.45, 2.75) is 27.2 Å². The van der Waals surface area contributed by atoms with Gasteiger partial charge in [-0.2, -0.15) is 0 Å². The maximum Gasteiger partial charge on any atom is 0.325 e. The maximum absolute atomic E-state index is 12.2. The molecule has 0 atom stereocenters. The summed E-state index contributed by atoms with van der Waals surface area (Å²) in [5.41, 5.74) is 0.854. The number of carbonyl (C=O) groups is 2. The molecule has 1 aromatic rings. The second kappa shape index (κ2) is 9.30. The van der Waals surface area contributed by atoms with Crippen LogP contribution in [-0.2, 0) is 14.3 Å². The van der Waals surface area contributed by atoms with E-state index in [1.807, 2.05) is 13.8 Å². The molecule has 0 heterocycles. The monoisotopic (exact) mass is 327 g/mol. The Hall–Kier alpha value is -1.75. The predicted octanol–water partition coefficient (Wildman–Crippen LogP) is 2.83. The zero-order chi connectivity index (χ0) is 16.5. The zero-order valence-electron chi connectivity index (χ0n) is 13.2. The van der Waals surface area contributed by atoms with Crippen LogP contribution in [0.2, 0.25) is 5.02 Å². The number of amides is 1. The first-order valence-electron chi connectivity index (χ1n) is 7.30. The summed E-state index contributed by atoms with van der Waals surface area (Å²) >= 11 is 5.88. The molecule has 0 fully saturated rings. The van der Waals surface area contributed by atoms with Crippen LogP contribution in [0.25, 0.3) is 0 Å². The van der Waals surface area contributed by atoms with Crippen LogP contribution >= 0.6 is 11.6 Å². The molecule has 0 unspecified atom stereocenters. The summed E-state index contributed by atoms with van der Waals surface area (Å²) < 4.78 is 10.4. The Labute approximate surface area is 136 Å². The van der Waals surface area contributed by atoms with Gasteiger partial charge in [-0.05, 0) is 44.0 Å². The Morgan fingerprint density at radius 3 is 2.59 bits per heavy atom. The summed E-state index contributed by atoms with van der Waals surface area (Å²) in [6.45, 7) is 6.14. The molecule has 22 heavy (non-hydrogen) atoms. The van der Waals surface area contributed by atoms with Gasteiger partial charge >= 0.3 is 5.97 Å². The number of halogens is 1. The number of carbonyl (C=O) groups excluding carboxylic acids is 2. The zero-order valence-corrected chi connectivity index (χ0v) is 14.0. The van der Waals surface area contributed by atoms with Crippen molar-refractivity contribution in [1.82, 2.24) is 4.90 Å². The molecule has 0 aromatic heterocycles. The highest BCUT2D eigenvalue weighted by atomic mass is 35.5. The van der Waals surface area contributed by atoms with Gasteiger partial charge in [-0.3, -0.25) is 9.59 Å². The highest BCUT2D eigenvalue weighted by Crippen LogP contribution is 2.21. The fraction of sp³-hybridized carbons (Fsp3) is 0.500. The molecule has 1 amide bonds. The number of benzene rings is 1. The van der Waals surface area contributed by atoms with E-state index >= 15 is 0 Å². The summed E-state index contributed by atoms with van der Waals surface area (Å²) in [7, 11) is 0. The molecule has 1 rings (SSSR count). The van der Waals surface area contributed by atoms with Gasteiger partial charge < -0.3 is 14.4 Å². The summed E-state index contributed by atoms with van der Waals surface area (Å²) in [6, 6.07) is 5.20. The van der Waals surface area contributed by atoms with Crippen LogP contribution in [0.4, 0.5) is 0 Å². The average molecular weight is 328 g/mol. The van der Waals surface area contributed by atoms with Crippen LogP contribution in [0.3, 0.4) is 0 Å². The quantitative estimate of drug-likeness (QED) is 0.689. The molecule has 0 saturated heterocycles. The second-order valence-corrected chi connectivity index (χ2v) is 5.26. The predicted molar refractivity (Wildman–Crippen MR) is 85.2 cm³/mol. The van der Waals surface area contributed by atoms with E-state index < -0.39 is 5.97 Å². The molecule has 0 radical (unpaired) electrons. The topological polar surface area (TPSA) is 55.8 Å². The number of aryl methyl sites for hydroxylation is 1. The van der Waals surface area contributed by atoms with E-state index in [-0.39, 0.29) is 19.1 Å². The van der Waals surface area contributed by atoms with Crippen molar-refractivity contribution in [3.8, 4) is 5.75 Å². The summed E-state index contributed by atoms with van der Waals surface area (Å²) in [6.07, 6.45) is 0.755. The standard InChI is InChI=1S/C16H22ClNO4/c1-4-8-18(10-16(20)21-5-2)15(19)11-22-14-7-6-13(17)9-12(14)3/h6-7,9H,4-5,8,10-11H2,1-3H3. The minimum atomic E-state index is -0.410. The van der Waals surface area contributed by atoms with Crippen LogP contribution < -0.4 is 4.74 Å². The Morgan fingerprint density at radius 1 is 1.27 bits per heavy atom. The minimum absolute atomic E-state index is 0.0521. The smallest absolute Gasteiger partial charge is 0.325 e. The molecule has 6 heteroatoms. The van der Waals surface area contributed by atoms with Crippen molar-refractivity contribution in [2.75, 3.05) is 26.3 Å². The molecule has 0 aliphatic rings. The Balaban J connectivity index is 2.60. The van der Waals surface area contributed by atoms with E-state index in [1.54, 1.807) is 25.1 Å². The van der Waals surface area contributed by atoms with Gasteiger partial charge in [0.05, 0.1) is 6.61 Å². The molecule has 1 aromatic carbocycles. The first kappa shape index (κ1) is 18.3. The third kappa shape index (κ3) is 5.93. The van der Waals surface area contributed by atoms with Crippen LogP contribution in [0.15, 0.2) is 18.2 Å². The molecular weight excluding hydrogens is 306 g/mol. The molecule has 122 valence electrons. The summed E-state index contributed by atoms with van der Waals surface area (Å²) in [5.74, 6) is -0.0541. The van der Waals surface area contributed by atoms with Crippen LogP contribution in [0, 0.1) is 6.92 Å². The lowest BCUT2D eigenvalue weighted by atomic mass is 10.2. The van der Waals surface area contributed by atoms with E-state index in [9.17, 15) is 9.59 Å². The summed E-state index contributed by atoms with van der Waals surface area (Å²) in [4.78, 5) is 25.2. The Kier molecular flexibility index (Phi) is 7.74. The fourth-order valence-electron chi connectivity index (χ4n) is 1.93. The number of hydrogen-bond donors (Lipinski definition) is 0. The molecule has 0 N–H and O–H groups in total. The van der Waals surface area contributed by atoms with Crippen LogP contribution in [0.1, 0.15) is 25.8 Å². The molecule has 0 spiro atoms.